The summed E-state index contributed by atoms with van der Waals surface area (Å²) in [7, 11) is 1.37. The molecule has 2 aromatic rings. The molecule has 4 nitrogen and oxygen atoms in total. The number of ether oxygens (including phenoxy) is 2. The molecule has 0 aromatic heterocycles. The van der Waals surface area contributed by atoms with Crippen molar-refractivity contribution in [3.63, 3.8) is 0 Å². The van der Waals surface area contributed by atoms with Crippen molar-refractivity contribution in [3.05, 3.63) is 68.7 Å². The summed E-state index contributed by atoms with van der Waals surface area (Å²) >= 11 is 3.74. The zero-order valence-corrected chi connectivity index (χ0v) is 20.5. The summed E-state index contributed by atoms with van der Waals surface area (Å²) < 4.78 is 11.5. The molecule has 1 aliphatic carbocycles. The fraction of sp³-hybridized carbons (Fsp3) is 0.385. The SMILES string of the molecule is COC(=O)c1ccc(/C=C/c2cc3c(cc2Br)C(C)(C)CC(OC(C)=O)C3(C)C)cc1. The van der Waals surface area contributed by atoms with Crippen LogP contribution in [0.25, 0.3) is 12.2 Å². The number of hydrogen-bond donors (Lipinski definition) is 0. The lowest BCUT2D eigenvalue weighted by atomic mass is 9.61. The highest BCUT2D eigenvalue weighted by Crippen LogP contribution is 2.48. The summed E-state index contributed by atoms with van der Waals surface area (Å²) in [5, 5.41) is 0. The van der Waals surface area contributed by atoms with Crippen LogP contribution in [0.1, 0.15) is 73.7 Å². The number of fused-ring (bicyclic) bond motifs is 1. The molecule has 1 atom stereocenters. The van der Waals surface area contributed by atoms with Crippen LogP contribution in [0, 0.1) is 0 Å². The molecule has 0 heterocycles. The van der Waals surface area contributed by atoms with Gasteiger partial charge in [0, 0.05) is 16.8 Å². The van der Waals surface area contributed by atoms with Crippen LogP contribution in [-0.2, 0) is 25.1 Å². The highest BCUT2D eigenvalue weighted by atomic mass is 79.9. The summed E-state index contributed by atoms with van der Waals surface area (Å²) in [6, 6.07) is 11.7. The standard InChI is InChI=1S/C26H29BrO4/c1-16(28)31-23-15-25(2,3)20-14-22(27)19(13-21(20)26(23,4)5)12-9-17-7-10-18(11-8-17)24(29)30-6/h7-14,23H,15H2,1-6H3/b12-9+. The maximum absolute atomic E-state index is 11.7. The minimum Gasteiger partial charge on any atom is -0.465 e. The van der Waals surface area contributed by atoms with Gasteiger partial charge in [0.25, 0.3) is 0 Å². The number of carbonyl (C=O) groups excluding carboxylic acids is 2. The van der Waals surface area contributed by atoms with Crippen LogP contribution in [-0.4, -0.2) is 25.2 Å². The van der Waals surface area contributed by atoms with Crippen LogP contribution < -0.4 is 0 Å². The first-order valence-corrected chi connectivity index (χ1v) is 11.1. The Hall–Kier alpha value is -2.40. The molecule has 2 aromatic carbocycles. The van der Waals surface area contributed by atoms with E-state index in [-0.39, 0.29) is 28.9 Å². The van der Waals surface area contributed by atoms with Gasteiger partial charge in [-0.05, 0) is 58.4 Å². The molecule has 5 heteroatoms. The first-order chi connectivity index (χ1) is 14.5. The monoisotopic (exact) mass is 484 g/mol. The molecule has 3 rings (SSSR count). The van der Waals surface area contributed by atoms with Crippen LogP contribution in [0.3, 0.4) is 0 Å². The van der Waals surface area contributed by atoms with Crippen molar-refractivity contribution >= 4 is 40.0 Å². The van der Waals surface area contributed by atoms with E-state index in [1.54, 1.807) is 12.1 Å². The lowest BCUT2D eigenvalue weighted by molar-refractivity contribution is -0.151. The number of benzene rings is 2. The van der Waals surface area contributed by atoms with Crippen molar-refractivity contribution in [2.45, 2.75) is 58.0 Å². The molecule has 1 aliphatic rings. The molecule has 1 unspecified atom stereocenters. The first kappa shape index (κ1) is 23.3. The Morgan fingerprint density at radius 1 is 1.03 bits per heavy atom. The Labute approximate surface area is 192 Å². The minimum absolute atomic E-state index is 0.112. The Bertz CT molecular complexity index is 1030. The zero-order chi connectivity index (χ0) is 23.0. The van der Waals surface area contributed by atoms with Gasteiger partial charge in [-0.2, -0.15) is 0 Å². The summed E-state index contributed by atoms with van der Waals surface area (Å²) in [6.45, 7) is 10.1. The van der Waals surface area contributed by atoms with Crippen LogP contribution >= 0.6 is 15.9 Å². The number of rotatable bonds is 4. The molecule has 0 N–H and O–H groups in total. The van der Waals surface area contributed by atoms with Gasteiger partial charge in [-0.1, -0.05) is 67.9 Å². The number of hydrogen-bond acceptors (Lipinski definition) is 4. The third-order valence-electron chi connectivity index (χ3n) is 6.16. The second kappa shape index (κ2) is 8.62. The van der Waals surface area contributed by atoms with E-state index in [0.717, 1.165) is 22.0 Å². The molecule has 0 radical (unpaired) electrons. The summed E-state index contributed by atoms with van der Waals surface area (Å²) in [5.74, 6) is -0.593. The normalized spacial score (nSPS) is 19.0. The molecule has 0 spiro atoms. The highest BCUT2D eigenvalue weighted by Gasteiger charge is 2.46. The van der Waals surface area contributed by atoms with Gasteiger partial charge in [-0.25, -0.2) is 4.79 Å². The van der Waals surface area contributed by atoms with Gasteiger partial charge < -0.3 is 9.47 Å². The minimum atomic E-state index is -0.347. The molecule has 0 saturated carbocycles. The van der Waals surface area contributed by atoms with E-state index in [4.69, 9.17) is 9.47 Å². The lowest BCUT2D eigenvalue weighted by Gasteiger charge is -2.47. The molecule has 0 fully saturated rings. The van der Waals surface area contributed by atoms with Gasteiger partial charge in [0.15, 0.2) is 0 Å². The molecular formula is C26H29BrO4. The summed E-state index contributed by atoms with van der Waals surface area (Å²) in [4.78, 5) is 23.3. The number of methoxy groups -OCH3 is 1. The van der Waals surface area contributed by atoms with Gasteiger partial charge >= 0.3 is 11.9 Å². The lowest BCUT2D eigenvalue weighted by Crippen LogP contribution is -2.47. The second-order valence-corrected chi connectivity index (χ2v) is 10.1. The predicted molar refractivity (Wildman–Crippen MR) is 127 cm³/mol. The molecule has 164 valence electrons. The topological polar surface area (TPSA) is 52.6 Å². The van der Waals surface area contributed by atoms with Crippen LogP contribution in [0.15, 0.2) is 40.9 Å². The smallest absolute Gasteiger partial charge is 0.337 e. The maximum atomic E-state index is 11.7. The van der Waals surface area contributed by atoms with Gasteiger partial charge in [0.05, 0.1) is 12.7 Å². The Balaban J connectivity index is 1.98. The number of carbonyl (C=O) groups is 2. The summed E-state index contributed by atoms with van der Waals surface area (Å²) in [5.41, 5.74) is 4.60. The third kappa shape index (κ3) is 4.77. The fourth-order valence-corrected chi connectivity index (χ4v) is 4.71. The molecule has 0 amide bonds. The van der Waals surface area contributed by atoms with Crippen molar-refractivity contribution < 1.29 is 19.1 Å². The quantitative estimate of drug-likeness (QED) is 0.377. The average molecular weight is 485 g/mol. The summed E-state index contributed by atoms with van der Waals surface area (Å²) in [6.07, 6.45) is 4.66. The Kier molecular flexibility index (Phi) is 6.47. The van der Waals surface area contributed by atoms with Crippen molar-refractivity contribution in [3.8, 4) is 0 Å². The molecule has 0 aliphatic heterocycles. The molecular weight excluding hydrogens is 456 g/mol. The van der Waals surface area contributed by atoms with Crippen molar-refractivity contribution in [1.29, 1.82) is 0 Å². The van der Waals surface area contributed by atoms with E-state index >= 15 is 0 Å². The van der Waals surface area contributed by atoms with Crippen molar-refractivity contribution in [2.75, 3.05) is 7.11 Å². The Morgan fingerprint density at radius 3 is 2.26 bits per heavy atom. The van der Waals surface area contributed by atoms with E-state index in [0.29, 0.717) is 5.56 Å². The van der Waals surface area contributed by atoms with Gasteiger partial charge in [0.2, 0.25) is 0 Å². The average Bonchev–Trinajstić information content (AvgIpc) is 2.70. The second-order valence-electron chi connectivity index (χ2n) is 9.27. The largest absolute Gasteiger partial charge is 0.465 e. The molecule has 0 bridgehead atoms. The fourth-order valence-electron chi connectivity index (χ4n) is 4.24. The first-order valence-electron chi connectivity index (χ1n) is 10.3. The van der Waals surface area contributed by atoms with Gasteiger partial charge in [-0.15, -0.1) is 0 Å². The van der Waals surface area contributed by atoms with Crippen LogP contribution in [0.4, 0.5) is 0 Å². The highest BCUT2D eigenvalue weighted by molar-refractivity contribution is 9.10. The van der Waals surface area contributed by atoms with E-state index in [2.05, 4.69) is 61.8 Å². The van der Waals surface area contributed by atoms with Crippen molar-refractivity contribution in [2.24, 2.45) is 0 Å². The Morgan fingerprint density at radius 2 is 1.68 bits per heavy atom. The predicted octanol–water partition coefficient (Wildman–Crippen LogP) is 6.30. The maximum Gasteiger partial charge on any atom is 0.337 e. The van der Waals surface area contributed by atoms with Crippen LogP contribution in [0.5, 0.6) is 0 Å². The van der Waals surface area contributed by atoms with E-state index < -0.39 is 0 Å². The van der Waals surface area contributed by atoms with E-state index in [9.17, 15) is 9.59 Å². The molecule has 31 heavy (non-hydrogen) atoms. The van der Waals surface area contributed by atoms with Crippen LogP contribution in [0.2, 0.25) is 0 Å². The number of esters is 2. The van der Waals surface area contributed by atoms with Gasteiger partial charge in [-0.3, -0.25) is 4.79 Å². The molecule has 0 saturated heterocycles. The third-order valence-corrected chi connectivity index (χ3v) is 6.84. The van der Waals surface area contributed by atoms with Gasteiger partial charge in [0.1, 0.15) is 6.10 Å². The van der Waals surface area contributed by atoms with E-state index in [1.807, 2.05) is 18.2 Å². The zero-order valence-electron chi connectivity index (χ0n) is 18.9. The van der Waals surface area contributed by atoms with E-state index in [1.165, 1.54) is 25.2 Å². The number of halogens is 1. The van der Waals surface area contributed by atoms with Crippen molar-refractivity contribution in [1.82, 2.24) is 0 Å².